The summed E-state index contributed by atoms with van der Waals surface area (Å²) in [6.45, 7) is 2.25. The number of rotatable bonds is 4. The van der Waals surface area contributed by atoms with Crippen molar-refractivity contribution in [1.82, 2.24) is 4.90 Å². The molecule has 0 atom stereocenters. The third-order valence-electron chi connectivity index (χ3n) is 2.47. The highest BCUT2D eigenvalue weighted by Gasteiger charge is 2.22. The molecule has 0 spiro atoms. The van der Waals surface area contributed by atoms with Gasteiger partial charge in [0, 0.05) is 13.6 Å². The minimum Gasteiger partial charge on any atom is -0.398 e. The van der Waals surface area contributed by atoms with Crippen molar-refractivity contribution in [3.05, 3.63) is 24.3 Å². The second-order valence-electron chi connectivity index (χ2n) is 3.70. The molecule has 5 nitrogen and oxygen atoms in total. The average Bonchev–Trinajstić information content (AvgIpc) is 2.27. The van der Waals surface area contributed by atoms with Gasteiger partial charge in [0.05, 0.1) is 10.6 Å². The molecule has 1 aromatic carbocycles. The predicted octanol–water partition coefficient (Wildman–Crippen LogP) is 0.521. The molecule has 0 heterocycles. The molecule has 0 aliphatic heterocycles. The fourth-order valence-electron chi connectivity index (χ4n) is 1.29. The molecule has 0 fully saturated rings. The van der Waals surface area contributed by atoms with E-state index in [9.17, 15) is 13.2 Å². The zero-order valence-electron chi connectivity index (χ0n) is 9.88. The highest BCUT2D eigenvalue weighted by Crippen LogP contribution is 2.18. The largest absolute Gasteiger partial charge is 0.398 e. The van der Waals surface area contributed by atoms with Crippen LogP contribution in [0, 0.1) is 0 Å². The van der Waals surface area contributed by atoms with Gasteiger partial charge in [0.25, 0.3) is 0 Å². The van der Waals surface area contributed by atoms with Crippen molar-refractivity contribution in [2.24, 2.45) is 0 Å². The number of nitrogens with two attached hydrogens (primary N) is 1. The van der Waals surface area contributed by atoms with E-state index in [0.717, 1.165) is 0 Å². The van der Waals surface area contributed by atoms with Crippen LogP contribution in [0.4, 0.5) is 5.69 Å². The van der Waals surface area contributed by atoms with Crippen molar-refractivity contribution in [1.29, 1.82) is 0 Å². The number of carbonyl (C=O) groups excluding carboxylic acids is 1. The standard InChI is InChI=1S/C11H16N2O3S/c1-3-13(2)11(14)8-17(15,16)10-7-5-4-6-9(10)12/h4-7H,3,8,12H2,1-2H3. The number of carbonyl (C=O) groups is 1. The molecule has 6 heteroatoms. The van der Waals surface area contributed by atoms with Gasteiger partial charge in [-0.15, -0.1) is 0 Å². The smallest absolute Gasteiger partial charge is 0.237 e. The van der Waals surface area contributed by atoms with Gasteiger partial charge < -0.3 is 10.6 Å². The Labute approximate surface area is 101 Å². The molecular weight excluding hydrogens is 240 g/mol. The average molecular weight is 256 g/mol. The maximum Gasteiger partial charge on any atom is 0.237 e. The van der Waals surface area contributed by atoms with Crippen LogP contribution < -0.4 is 5.73 Å². The van der Waals surface area contributed by atoms with Crippen LogP contribution in [0.1, 0.15) is 6.92 Å². The number of nitrogens with zero attached hydrogens (tertiary/aromatic N) is 1. The van der Waals surface area contributed by atoms with Crippen LogP contribution >= 0.6 is 0 Å². The first-order valence-corrected chi connectivity index (χ1v) is 6.85. The molecular formula is C11H16N2O3S. The summed E-state index contributed by atoms with van der Waals surface area (Å²) in [5.41, 5.74) is 5.75. The Kier molecular flexibility index (Phi) is 4.11. The molecule has 0 aliphatic rings. The normalized spacial score (nSPS) is 11.2. The van der Waals surface area contributed by atoms with Crippen LogP contribution in [-0.4, -0.2) is 38.6 Å². The van der Waals surface area contributed by atoms with E-state index in [1.54, 1.807) is 26.1 Å². The Morgan fingerprint density at radius 2 is 1.94 bits per heavy atom. The molecule has 1 aromatic rings. The van der Waals surface area contributed by atoms with E-state index in [1.165, 1.54) is 17.0 Å². The van der Waals surface area contributed by atoms with E-state index < -0.39 is 21.5 Å². The number of sulfone groups is 1. The SMILES string of the molecule is CCN(C)C(=O)CS(=O)(=O)c1ccccc1N. The molecule has 1 rings (SSSR count). The maximum absolute atomic E-state index is 12.0. The van der Waals surface area contributed by atoms with Crippen molar-refractivity contribution in [2.45, 2.75) is 11.8 Å². The highest BCUT2D eigenvalue weighted by atomic mass is 32.2. The summed E-state index contributed by atoms with van der Waals surface area (Å²) >= 11 is 0. The van der Waals surface area contributed by atoms with E-state index in [1.807, 2.05) is 0 Å². The molecule has 0 aliphatic carbocycles. The van der Waals surface area contributed by atoms with E-state index >= 15 is 0 Å². The van der Waals surface area contributed by atoms with E-state index in [4.69, 9.17) is 5.73 Å². The minimum absolute atomic E-state index is 0.0119. The van der Waals surface area contributed by atoms with Crippen LogP contribution in [0.15, 0.2) is 29.2 Å². The van der Waals surface area contributed by atoms with Crippen molar-refractivity contribution < 1.29 is 13.2 Å². The lowest BCUT2D eigenvalue weighted by Crippen LogP contribution is -2.32. The number of para-hydroxylation sites is 1. The van der Waals surface area contributed by atoms with Gasteiger partial charge in [-0.3, -0.25) is 4.79 Å². The summed E-state index contributed by atoms with van der Waals surface area (Å²) in [7, 11) is -2.10. The topological polar surface area (TPSA) is 80.5 Å². The lowest BCUT2D eigenvalue weighted by molar-refractivity contribution is -0.126. The van der Waals surface area contributed by atoms with E-state index in [-0.39, 0.29) is 10.6 Å². The predicted molar refractivity (Wildman–Crippen MR) is 66.2 cm³/mol. The Morgan fingerprint density at radius 3 is 2.47 bits per heavy atom. The first-order chi connectivity index (χ1) is 7.88. The van der Waals surface area contributed by atoms with Crippen molar-refractivity contribution >= 4 is 21.4 Å². The van der Waals surface area contributed by atoms with Crippen molar-refractivity contribution in [2.75, 3.05) is 25.1 Å². The van der Waals surface area contributed by atoms with Gasteiger partial charge in [0.1, 0.15) is 5.75 Å². The first-order valence-electron chi connectivity index (χ1n) is 5.19. The van der Waals surface area contributed by atoms with Crippen LogP contribution in [0.25, 0.3) is 0 Å². The number of hydrogen-bond donors (Lipinski definition) is 1. The third-order valence-corrected chi connectivity index (χ3v) is 4.14. The lowest BCUT2D eigenvalue weighted by Gasteiger charge is -2.14. The quantitative estimate of drug-likeness (QED) is 0.796. The van der Waals surface area contributed by atoms with Gasteiger partial charge in [-0.1, -0.05) is 12.1 Å². The second kappa shape index (κ2) is 5.18. The summed E-state index contributed by atoms with van der Waals surface area (Å²) in [6.07, 6.45) is 0. The summed E-state index contributed by atoms with van der Waals surface area (Å²) in [5, 5.41) is 0. The molecule has 0 saturated heterocycles. The number of benzene rings is 1. The number of amides is 1. The number of nitrogen functional groups attached to an aromatic ring is 1. The molecule has 0 bridgehead atoms. The maximum atomic E-state index is 12.0. The van der Waals surface area contributed by atoms with Crippen LogP contribution in [0.5, 0.6) is 0 Å². The second-order valence-corrected chi connectivity index (χ2v) is 5.66. The molecule has 0 radical (unpaired) electrons. The number of hydrogen-bond acceptors (Lipinski definition) is 4. The summed E-state index contributed by atoms with van der Waals surface area (Å²) in [4.78, 5) is 12.9. The molecule has 94 valence electrons. The van der Waals surface area contributed by atoms with Crippen molar-refractivity contribution in [3.8, 4) is 0 Å². The molecule has 0 aromatic heterocycles. The van der Waals surface area contributed by atoms with Crippen molar-refractivity contribution in [3.63, 3.8) is 0 Å². The zero-order chi connectivity index (χ0) is 13.1. The lowest BCUT2D eigenvalue weighted by atomic mass is 10.3. The molecule has 17 heavy (non-hydrogen) atoms. The Bertz CT molecular complexity index is 511. The van der Waals surface area contributed by atoms with E-state index in [0.29, 0.717) is 6.54 Å². The van der Waals surface area contributed by atoms with Gasteiger partial charge in [-0.25, -0.2) is 8.42 Å². The first kappa shape index (κ1) is 13.5. The molecule has 0 unspecified atom stereocenters. The van der Waals surface area contributed by atoms with Gasteiger partial charge in [0.15, 0.2) is 9.84 Å². The summed E-state index contributed by atoms with van der Waals surface area (Å²) < 4.78 is 23.9. The number of anilines is 1. The van der Waals surface area contributed by atoms with Crippen LogP contribution in [-0.2, 0) is 14.6 Å². The third kappa shape index (κ3) is 3.20. The van der Waals surface area contributed by atoms with E-state index in [2.05, 4.69) is 0 Å². The molecule has 0 saturated carbocycles. The fourth-order valence-corrected chi connectivity index (χ4v) is 2.70. The summed E-state index contributed by atoms with van der Waals surface area (Å²) in [6, 6.07) is 6.14. The van der Waals surface area contributed by atoms with Gasteiger partial charge in [-0.05, 0) is 19.1 Å². The molecule has 1 amide bonds. The van der Waals surface area contributed by atoms with Gasteiger partial charge in [-0.2, -0.15) is 0 Å². The Morgan fingerprint density at radius 1 is 1.35 bits per heavy atom. The highest BCUT2D eigenvalue weighted by molar-refractivity contribution is 7.92. The Hall–Kier alpha value is -1.56. The van der Waals surface area contributed by atoms with Crippen LogP contribution in [0.3, 0.4) is 0 Å². The zero-order valence-corrected chi connectivity index (χ0v) is 10.7. The minimum atomic E-state index is -3.66. The summed E-state index contributed by atoms with van der Waals surface area (Å²) in [5.74, 6) is -0.985. The van der Waals surface area contributed by atoms with Gasteiger partial charge in [0.2, 0.25) is 5.91 Å². The fraction of sp³-hybridized carbons (Fsp3) is 0.364. The monoisotopic (exact) mass is 256 g/mol. The van der Waals surface area contributed by atoms with Crippen LogP contribution in [0.2, 0.25) is 0 Å². The molecule has 2 N–H and O–H groups in total. The van der Waals surface area contributed by atoms with Gasteiger partial charge >= 0.3 is 0 Å². The Balaban J connectivity index is 2.98.